The van der Waals surface area contributed by atoms with Crippen LogP contribution in [0.1, 0.15) is 36.5 Å². The molecular formula is C17H18F3N. The molecule has 0 saturated carbocycles. The van der Waals surface area contributed by atoms with Crippen molar-refractivity contribution in [2.45, 2.75) is 39.0 Å². The predicted molar refractivity (Wildman–Crippen MR) is 76.6 cm³/mol. The lowest BCUT2D eigenvalue weighted by Gasteiger charge is -2.05. The van der Waals surface area contributed by atoms with Crippen LogP contribution in [-0.2, 0) is 19.3 Å². The van der Waals surface area contributed by atoms with Gasteiger partial charge in [-0.05, 0) is 42.9 Å². The zero-order valence-electron chi connectivity index (χ0n) is 12.0. The molecule has 0 aliphatic rings. The van der Waals surface area contributed by atoms with Crippen LogP contribution in [0.4, 0.5) is 13.2 Å². The molecule has 112 valence electrons. The van der Waals surface area contributed by atoms with Crippen LogP contribution in [0, 0.1) is 17.7 Å². The Morgan fingerprint density at radius 2 is 1.48 bits per heavy atom. The Morgan fingerprint density at radius 1 is 0.857 bits per heavy atom. The third kappa shape index (κ3) is 4.31. The monoisotopic (exact) mass is 293 g/mol. The third-order valence-electron chi connectivity index (χ3n) is 3.48. The van der Waals surface area contributed by atoms with Crippen LogP contribution in [0.25, 0.3) is 0 Å². The van der Waals surface area contributed by atoms with Crippen molar-refractivity contribution in [2.24, 2.45) is 0 Å². The van der Waals surface area contributed by atoms with E-state index in [9.17, 15) is 13.2 Å². The van der Waals surface area contributed by atoms with Crippen molar-refractivity contribution in [3.8, 4) is 0 Å². The zero-order chi connectivity index (χ0) is 15.2. The lowest BCUT2D eigenvalue weighted by molar-refractivity contribution is 0.441. The molecular weight excluding hydrogens is 275 g/mol. The minimum atomic E-state index is -1.39. The van der Waals surface area contributed by atoms with Gasteiger partial charge in [0.15, 0.2) is 5.82 Å². The molecule has 0 spiro atoms. The van der Waals surface area contributed by atoms with Crippen molar-refractivity contribution < 1.29 is 13.2 Å². The first-order valence-corrected chi connectivity index (χ1v) is 7.18. The summed E-state index contributed by atoms with van der Waals surface area (Å²) in [5, 5.41) is 0. The number of aromatic nitrogens is 1. The maximum Gasteiger partial charge on any atom is 0.251 e. The average Bonchev–Trinajstić information content (AvgIpc) is 2.48. The summed E-state index contributed by atoms with van der Waals surface area (Å²) >= 11 is 0. The SMILES string of the molecule is CCCCc1ccc(CCc2cc(F)c(F)nc2F)cc1. The van der Waals surface area contributed by atoms with Gasteiger partial charge in [0.2, 0.25) is 5.95 Å². The van der Waals surface area contributed by atoms with Gasteiger partial charge in [-0.3, -0.25) is 0 Å². The number of pyridine rings is 1. The Bertz CT molecular complexity index is 594. The maximum absolute atomic E-state index is 13.4. The molecule has 1 heterocycles. The number of halogens is 3. The maximum atomic E-state index is 13.4. The summed E-state index contributed by atoms with van der Waals surface area (Å²) in [6.45, 7) is 2.15. The van der Waals surface area contributed by atoms with Gasteiger partial charge in [-0.15, -0.1) is 0 Å². The molecule has 0 bridgehead atoms. The first kappa shape index (κ1) is 15.5. The van der Waals surface area contributed by atoms with Crippen molar-refractivity contribution in [2.75, 3.05) is 0 Å². The van der Waals surface area contributed by atoms with E-state index in [0.29, 0.717) is 12.8 Å². The molecule has 1 aromatic heterocycles. The Balaban J connectivity index is 1.98. The van der Waals surface area contributed by atoms with Gasteiger partial charge in [0.05, 0.1) is 0 Å². The smallest absolute Gasteiger partial charge is 0.202 e. The quantitative estimate of drug-likeness (QED) is 0.708. The number of benzene rings is 1. The molecule has 0 saturated heterocycles. The van der Waals surface area contributed by atoms with E-state index in [1.165, 1.54) is 5.56 Å². The van der Waals surface area contributed by atoms with E-state index in [4.69, 9.17) is 0 Å². The van der Waals surface area contributed by atoms with Crippen molar-refractivity contribution in [1.82, 2.24) is 4.98 Å². The van der Waals surface area contributed by atoms with Gasteiger partial charge < -0.3 is 0 Å². The molecule has 0 radical (unpaired) electrons. The molecule has 0 N–H and O–H groups in total. The van der Waals surface area contributed by atoms with Crippen molar-refractivity contribution in [1.29, 1.82) is 0 Å². The lowest BCUT2D eigenvalue weighted by atomic mass is 10.0. The van der Waals surface area contributed by atoms with E-state index in [0.717, 1.165) is 30.9 Å². The highest BCUT2D eigenvalue weighted by Gasteiger charge is 2.11. The minimum Gasteiger partial charge on any atom is -0.202 e. The van der Waals surface area contributed by atoms with Gasteiger partial charge in [0, 0.05) is 5.56 Å². The van der Waals surface area contributed by atoms with Crippen molar-refractivity contribution >= 4 is 0 Å². The topological polar surface area (TPSA) is 12.9 Å². The largest absolute Gasteiger partial charge is 0.251 e. The molecule has 21 heavy (non-hydrogen) atoms. The predicted octanol–water partition coefficient (Wildman–Crippen LogP) is 4.63. The fourth-order valence-corrected chi connectivity index (χ4v) is 2.19. The number of hydrogen-bond donors (Lipinski definition) is 0. The van der Waals surface area contributed by atoms with E-state index in [2.05, 4.69) is 24.0 Å². The molecule has 2 rings (SSSR count). The fourth-order valence-electron chi connectivity index (χ4n) is 2.19. The van der Waals surface area contributed by atoms with E-state index >= 15 is 0 Å². The summed E-state index contributed by atoms with van der Waals surface area (Å²) in [7, 11) is 0. The summed E-state index contributed by atoms with van der Waals surface area (Å²) in [4.78, 5) is 2.92. The normalized spacial score (nSPS) is 10.9. The standard InChI is InChI=1S/C17H18F3N/c1-2-3-4-12-5-7-13(8-6-12)9-10-14-11-15(18)17(20)21-16(14)19/h5-8,11H,2-4,9-10H2,1H3. The summed E-state index contributed by atoms with van der Waals surface area (Å²) in [5.41, 5.74) is 2.42. The molecule has 0 fully saturated rings. The van der Waals surface area contributed by atoms with Crippen LogP contribution in [0.2, 0.25) is 0 Å². The van der Waals surface area contributed by atoms with Gasteiger partial charge in [-0.2, -0.15) is 13.8 Å². The molecule has 0 aliphatic carbocycles. The van der Waals surface area contributed by atoms with Gasteiger partial charge in [-0.25, -0.2) is 4.39 Å². The van der Waals surface area contributed by atoms with E-state index in [1.807, 2.05) is 12.1 Å². The van der Waals surface area contributed by atoms with Gasteiger partial charge in [0.25, 0.3) is 5.95 Å². The summed E-state index contributed by atoms with van der Waals surface area (Å²) in [5.74, 6) is -3.44. The molecule has 0 unspecified atom stereocenters. The first-order valence-electron chi connectivity index (χ1n) is 7.18. The Kier molecular flexibility index (Phi) is 5.37. The van der Waals surface area contributed by atoms with Crippen LogP contribution in [-0.4, -0.2) is 4.98 Å². The van der Waals surface area contributed by atoms with Crippen LogP contribution in [0.15, 0.2) is 30.3 Å². The second kappa shape index (κ2) is 7.25. The van der Waals surface area contributed by atoms with Crippen LogP contribution < -0.4 is 0 Å². The summed E-state index contributed by atoms with van der Waals surface area (Å²) in [6.07, 6.45) is 4.23. The highest BCUT2D eigenvalue weighted by molar-refractivity contribution is 5.24. The fraction of sp³-hybridized carbons (Fsp3) is 0.353. The van der Waals surface area contributed by atoms with Crippen LogP contribution in [0.3, 0.4) is 0 Å². The number of nitrogens with zero attached hydrogens (tertiary/aromatic N) is 1. The van der Waals surface area contributed by atoms with Gasteiger partial charge in [0.1, 0.15) is 0 Å². The minimum absolute atomic E-state index is 0.101. The molecule has 0 atom stereocenters. The molecule has 2 aromatic rings. The van der Waals surface area contributed by atoms with Crippen molar-refractivity contribution in [3.05, 3.63) is 64.7 Å². The Hall–Kier alpha value is -1.84. The zero-order valence-corrected chi connectivity index (χ0v) is 12.0. The summed E-state index contributed by atoms with van der Waals surface area (Å²) in [6, 6.07) is 9.00. The lowest BCUT2D eigenvalue weighted by Crippen LogP contribution is -2.02. The second-order valence-corrected chi connectivity index (χ2v) is 5.13. The van der Waals surface area contributed by atoms with E-state index in [1.54, 1.807) is 0 Å². The second-order valence-electron chi connectivity index (χ2n) is 5.13. The van der Waals surface area contributed by atoms with Crippen LogP contribution >= 0.6 is 0 Å². The van der Waals surface area contributed by atoms with Gasteiger partial charge in [-0.1, -0.05) is 37.6 Å². The van der Waals surface area contributed by atoms with E-state index in [-0.39, 0.29) is 5.56 Å². The number of rotatable bonds is 6. The highest BCUT2D eigenvalue weighted by Crippen LogP contribution is 2.14. The van der Waals surface area contributed by atoms with Gasteiger partial charge >= 0.3 is 0 Å². The molecule has 1 nitrogen and oxygen atoms in total. The summed E-state index contributed by atoms with van der Waals surface area (Å²) < 4.78 is 39.2. The number of unbranched alkanes of at least 4 members (excludes halogenated alkanes) is 1. The molecule has 0 aliphatic heterocycles. The first-order chi connectivity index (χ1) is 10.1. The van der Waals surface area contributed by atoms with Crippen molar-refractivity contribution in [3.63, 3.8) is 0 Å². The highest BCUT2D eigenvalue weighted by atomic mass is 19.2. The van der Waals surface area contributed by atoms with Crippen LogP contribution in [0.5, 0.6) is 0 Å². The van der Waals surface area contributed by atoms with E-state index < -0.39 is 17.7 Å². The molecule has 0 amide bonds. The Labute approximate surface area is 122 Å². The average molecular weight is 293 g/mol. The number of aryl methyl sites for hydroxylation is 3. The molecule has 1 aromatic carbocycles. The number of hydrogen-bond acceptors (Lipinski definition) is 1. The Morgan fingerprint density at radius 3 is 2.10 bits per heavy atom. The third-order valence-corrected chi connectivity index (χ3v) is 3.48. The molecule has 4 heteroatoms.